The van der Waals surface area contributed by atoms with Crippen LogP contribution in [0.2, 0.25) is 0 Å². The lowest BCUT2D eigenvalue weighted by atomic mass is 10.3. The monoisotopic (exact) mass is 248 g/mol. The van der Waals surface area contributed by atoms with E-state index in [-0.39, 0.29) is 25.0 Å². The maximum Gasteiger partial charge on any atom is 0.317 e. The van der Waals surface area contributed by atoms with Crippen molar-refractivity contribution in [1.29, 1.82) is 0 Å². The number of carbonyl (C=O) groups excluding carboxylic acids is 1. The molecule has 0 atom stereocenters. The van der Waals surface area contributed by atoms with Crippen LogP contribution in [-0.2, 0) is 9.59 Å². The third-order valence-electron chi connectivity index (χ3n) is 2.81. The molecule has 0 radical (unpaired) electrons. The highest BCUT2D eigenvalue weighted by atomic mass is 16.4. The lowest BCUT2D eigenvalue weighted by molar-refractivity contribution is -0.138. The van der Waals surface area contributed by atoms with E-state index in [1.807, 2.05) is 18.2 Å². The second kappa shape index (κ2) is 5.64. The number of amides is 1. The predicted molar refractivity (Wildman–Crippen MR) is 67.3 cm³/mol. The highest BCUT2D eigenvalue weighted by Crippen LogP contribution is 2.26. The molecule has 96 valence electrons. The highest BCUT2D eigenvalue weighted by molar-refractivity contribution is 5.92. The molecule has 1 aliphatic carbocycles. The predicted octanol–water partition coefficient (Wildman–Crippen LogP) is 1.17. The van der Waals surface area contributed by atoms with Gasteiger partial charge in [0, 0.05) is 11.7 Å². The van der Waals surface area contributed by atoms with E-state index in [1.54, 1.807) is 17.0 Å². The van der Waals surface area contributed by atoms with E-state index in [0.29, 0.717) is 0 Å². The second-order valence-corrected chi connectivity index (χ2v) is 4.44. The van der Waals surface area contributed by atoms with Crippen LogP contribution >= 0.6 is 0 Å². The largest absolute Gasteiger partial charge is 0.480 e. The van der Waals surface area contributed by atoms with Crippen molar-refractivity contribution in [3.8, 4) is 0 Å². The Balaban J connectivity index is 1.87. The minimum atomic E-state index is -0.894. The summed E-state index contributed by atoms with van der Waals surface area (Å²) in [5.41, 5.74) is 0.730. The summed E-state index contributed by atoms with van der Waals surface area (Å²) in [5.74, 6) is -1.07. The number of carboxylic acids is 1. The zero-order chi connectivity index (χ0) is 13.0. The van der Waals surface area contributed by atoms with Crippen LogP contribution in [0.3, 0.4) is 0 Å². The van der Waals surface area contributed by atoms with E-state index in [1.165, 1.54) is 0 Å². The summed E-state index contributed by atoms with van der Waals surface area (Å²) in [5, 5.41) is 11.5. The van der Waals surface area contributed by atoms with Crippen LogP contribution in [0.4, 0.5) is 5.69 Å². The summed E-state index contributed by atoms with van der Waals surface area (Å²) in [6.45, 7) is 0.0543. The van der Waals surface area contributed by atoms with Crippen LogP contribution in [0.5, 0.6) is 0 Å². The lowest BCUT2D eigenvalue weighted by Gasteiger charge is -2.18. The number of para-hydroxylation sites is 1. The number of anilines is 1. The zero-order valence-corrected chi connectivity index (χ0v) is 10.0. The van der Waals surface area contributed by atoms with Gasteiger partial charge in [-0.05, 0) is 25.0 Å². The molecule has 0 bridgehead atoms. The molecule has 0 saturated heterocycles. The molecule has 1 aromatic rings. The molecule has 5 heteroatoms. The number of benzene rings is 1. The van der Waals surface area contributed by atoms with Gasteiger partial charge in [-0.1, -0.05) is 18.2 Å². The smallest absolute Gasteiger partial charge is 0.317 e. The molecular weight excluding hydrogens is 232 g/mol. The molecule has 18 heavy (non-hydrogen) atoms. The quantitative estimate of drug-likeness (QED) is 0.793. The summed E-state index contributed by atoms with van der Waals surface area (Å²) in [4.78, 5) is 24.2. The first-order valence-corrected chi connectivity index (χ1v) is 5.96. The number of aliphatic carboxylic acids is 1. The topological polar surface area (TPSA) is 69.6 Å². The van der Waals surface area contributed by atoms with Gasteiger partial charge in [-0.25, -0.2) is 0 Å². The first kappa shape index (κ1) is 12.6. The number of nitrogens with one attached hydrogen (secondary N) is 1. The highest BCUT2D eigenvalue weighted by Gasteiger charge is 2.31. The van der Waals surface area contributed by atoms with Crippen LogP contribution in [0.15, 0.2) is 30.3 Å². The van der Waals surface area contributed by atoms with Crippen molar-refractivity contribution in [3.63, 3.8) is 0 Å². The molecule has 1 saturated carbocycles. The van der Waals surface area contributed by atoms with Crippen molar-refractivity contribution >= 4 is 17.6 Å². The molecule has 0 spiro atoms. The van der Waals surface area contributed by atoms with E-state index < -0.39 is 5.97 Å². The maximum atomic E-state index is 11.8. The van der Waals surface area contributed by atoms with Crippen LogP contribution in [0, 0.1) is 0 Å². The molecule has 0 unspecified atom stereocenters. The molecule has 1 aromatic carbocycles. The van der Waals surface area contributed by atoms with Gasteiger partial charge in [0.25, 0.3) is 0 Å². The van der Waals surface area contributed by atoms with Gasteiger partial charge in [0.2, 0.25) is 5.91 Å². The Hall–Kier alpha value is -1.88. The normalized spacial score (nSPS) is 14.5. The van der Waals surface area contributed by atoms with Crippen molar-refractivity contribution in [2.45, 2.75) is 18.9 Å². The SMILES string of the molecule is O=C(O)CN(CC(=O)Nc1ccccc1)C1CC1. The van der Waals surface area contributed by atoms with Gasteiger partial charge < -0.3 is 10.4 Å². The molecule has 0 aliphatic heterocycles. The Kier molecular flexibility index (Phi) is 3.94. The van der Waals surface area contributed by atoms with Crippen LogP contribution in [0.25, 0.3) is 0 Å². The maximum absolute atomic E-state index is 11.8. The fourth-order valence-electron chi connectivity index (χ4n) is 1.83. The molecule has 5 nitrogen and oxygen atoms in total. The molecule has 2 N–H and O–H groups in total. The van der Waals surface area contributed by atoms with Crippen LogP contribution in [-0.4, -0.2) is 41.0 Å². The van der Waals surface area contributed by atoms with E-state index in [4.69, 9.17) is 5.11 Å². The van der Waals surface area contributed by atoms with Crippen molar-refractivity contribution in [2.24, 2.45) is 0 Å². The zero-order valence-electron chi connectivity index (χ0n) is 10.0. The number of carbonyl (C=O) groups is 2. The van der Waals surface area contributed by atoms with Crippen LogP contribution in [0.1, 0.15) is 12.8 Å². The van der Waals surface area contributed by atoms with Gasteiger partial charge in [0.1, 0.15) is 0 Å². The number of rotatable bonds is 6. The summed E-state index contributed by atoms with van der Waals surface area (Å²) in [7, 11) is 0. The van der Waals surface area contributed by atoms with Gasteiger partial charge in [0.15, 0.2) is 0 Å². The third-order valence-corrected chi connectivity index (χ3v) is 2.81. The Morgan fingerprint density at radius 2 is 1.89 bits per heavy atom. The van der Waals surface area contributed by atoms with Gasteiger partial charge in [0.05, 0.1) is 13.1 Å². The molecular formula is C13H16N2O3. The van der Waals surface area contributed by atoms with Crippen molar-refractivity contribution in [3.05, 3.63) is 30.3 Å². The molecule has 1 amide bonds. The first-order valence-electron chi connectivity index (χ1n) is 5.96. The number of nitrogens with zero attached hydrogens (tertiary/aromatic N) is 1. The van der Waals surface area contributed by atoms with Crippen LogP contribution < -0.4 is 5.32 Å². The van der Waals surface area contributed by atoms with Gasteiger partial charge in [-0.15, -0.1) is 0 Å². The molecule has 0 aromatic heterocycles. The fourth-order valence-corrected chi connectivity index (χ4v) is 1.83. The third kappa shape index (κ3) is 3.85. The van der Waals surface area contributed by atoms with E-state index >= 15 is 0 Å². The molecule has 0 heterocycles. The molecule has 2 rings (SSSR count). The average Bonchev–Trinajstić information content (AvgIpc) is 3.12. The standard InChI is InChI=1S/C13H16N2O3/c16-12(14-10-4-2-1-3-5-10)8-15(9-13(17)18)11-6-7-11/h1-5,11H,6-9H2,(H,14,16)(H,17,18). The average molecular weight is 248 g/mol. The summed E-state index contributed by atoms with van der Waals surface area (Å²) >= 11 is 0. The molecule has 1 aliphatic rings. The van der Waals surface area contributed by atoms with Crippen molar-refractivity contribution < 1.29 is 14.7 Å². The fraction of sp³-hybridized carbons (Fsp3) is 0.385. The van der Waals surface area contributed by atoms with Crippen molar-refractivity contribution in [1.82, 2.24) is 4.90 Å². The second-order valence-electron chi connectivity index (χ2n) is 4.44. The Morgan fingerprint density at radius 3 is 2.44 bits per heavy atom. The summed E-state index contributed by atoms with van der Waals surface area (Å²) in [6, 6.07) is 9.41. The Morgan fingerprint density at radius 1 is 1.22 bits per heavy atom. The van der Waals surface area contributed by atoms with Gasteiger partial charge in [-0.2, -0.15) is 0 Å². The van der Waals surface area contributed by atoms with Crippen molar-refractivity contribution in [2.75, 3.05) is 18.4 Å². The number of carboxylic acid groups (broad SMARTS) is 1. The minimum Gasteiger partial charge on any atom is -0.480 e. The first-order chi connectivity index (χ1) is 8.65. The lowest BCUT2D eigenvalue weighted by Crippen LogP contribution is -2.38. The summed E-state index contributed by atoms with van der Waals surface area (Å²) in [6.07, 6.45) is 1.96. The van der Waals surface area contributed by atoms with E-state index in [2.05, 4.69) is 5.32 Å². The van der Waals surface area contributed by atoms with E-state index in [9.17, 15) is 9.59 Å². The summed E-state index contributed by atoms with van der Waals surface area (Å²) < 4.78 is 0. The van der Waals surface area contributed by atoms with E-state index in [0.717, 1.165) is 18.5 Å². The minimum absolute atomic E-state index is 0.0765. The number of hydrogen-bond donors (Lipinski definition) is 2. The molecule has 1 fully saturated rings. The number of hydrogen-bond acceptors (Lipinski definition) is 3. The van der Waals surface area contributed by atoms with Gasteiger partial charge >= 0.3 is 5.97 Å². The Labute approximate surface area is 105 Å². The Bertz CT molecular complexity index is 429. The van der Waals surface area contributed by atoms with Gasteiger partial charge in [-0.3, -0.25) is 14.5 Å².